The minimum atomic E-state index is 0.134. The van der Waals surface area contributed by atoms with E-state index in [1.165, 1.54) is 5.01 Å². The summed E-state index contributed by atoms with van der Waals surface area (Å²) in [6.45, 7) is 8.84. The standard InChI is InChI=1S/C18H26N4OS/c1-14-13-15(2)22(20-14)9-4-5-16(23)21-10-6-18(3,7-11-21)17-19-8-12-24-17/h8,12-13H,4-7,9-11H2,1-3H3. The van der Waals surface area contributed by atoms with Gasteiger partial charge < -0.3 is 4.90 Å². The first kappa shape index (κ1) is 17.1. The second kappa shape index (κ2) is 7.05. The second-order valence-electron chi connectivity index (χ2n) is 7.03. The summed E-state index contributed by atoms with van der Waals surface area (Å²) in [6, 6.07) is 2.08. The van der Waals surface area contributed by atoms with Gasteiger partial charge in [0.15, 0.2) is 0 Å². The molecule has 0 atom stereocenters. The van der Waals surface area contributed by atoms with Crippen LogP contribution in [0.1, 0.15) is 49.0 Å². The molecule has 2 aromatic rings. The number of hydrogen-bond donors (Lipinski definition) is 0. The van der Waals surface area contributed by atoms with Crippen LogP contribution in [0.2, 0.25) is 0 Å². The fraction of sp³-hybridized carbons (Fsp3) is 0.611. The van der Waals surface area contributed by atoms with Gasteiger partial charge >= 0.3 is 0 Å². The van der Waals surface area contributed by atoms with Crippen molar-refractivity contribution >= 4 is 17.2 Å². The molecule has 0 unspecified atom stereocenters. The summed E-state index contributed by atoms with van der Waals surface area (Å²) in [5.74, 6) is 0.276. The Hall–Kier alpha value is -1.69. The van der Waals surface area contributed by atoms with Crippen LogP contribution in [-0.2, 0) is 16.8 Å². The molecule has 6 heteroatoms. The summed E-state index contributed by atoms with van der Waals surface area (Å²) in [5, 5.41) is 7.70. The number of aryl methyl sites for hydroxylation is 3. The predicted molar refractivity (Wildman–Crippen MR) is 96.2 cm³/mol. The number of amides is 1. The summed E-state index contributed by atoms with van der Waals surface area (Å²) in [4.78, 5) is 19.0. The Kier molecular flexibility index (Phi) is 5.04. The Labute approximate surface area is 147 Å². The van der Waals surface area contributed by atoms with Gasteiger partial charge in [-0.05, 0) is 39.2 Å². The smallest absolute Gasteiger partial charge is 0.222 e. The Morgan fingerprint density at radius 1 is 1.33 bits per heavy atom. The summed E-state index contributed by atoms with van der Waals surface area (Å²) >= 11 is 1.73. The molecule has 3 rings (SSSR count). The molecule has 5 nitrogen and oxygen atoms in total. The predicted octanol–water partition coefficient (Wildman–Crippen LogP) is 3.32. The van der Waals surface area contributed by atoms with Crippen molar-refractivity contribution in [3.63, 3.8) is 0 Å². The minimum absolute atomic E-state index is 0.134. The Morgan fingerprint density at radius 3 is 2.67 bits per heavy atom. The molecule has 0 aromatic carbocycles. The maximum absolute atomic E-state index is 12.5. The minimum Gasteiger partial charge on any atom is -0.343 e. The second-order valence-corrected chi connectivity index (χ2v) is 7.93. The van der Waals surface area contributed by atoms with Crippen molar-refractivity contribution in [3.05, 3.63) is 34.0 Å². The van der Waals surface area contributed by atoms with E-state index in [1.54, 1.807) is 11.3 Å². The monoisotopic (exact) mass is 346 g/mol. The molecular weight excluding hydrogens is 320 g/mol. The molecule has 2 aromatic heterocycles. The average Bonchev–Trinajstić information content (AvgIpc) is 3.18. The van der Waals surface area contributed by atoms with Gasteiger partial charge in [-0.2, -0.15) is 5.10 Å². The van der Waals surface area contributed by atoms with Crippen LogP contribution in [0.3, 0.4) is 0 Å². The van der Waals surface area contributed by atoms with Crippen molar-refractivity contribution in [2.75, 3.05) is 13.1 Å². The molecule has 0 radical (unpaired) electrons. The highest BCUT2D eigenvalue weighted by Crippen LogP contribution is 2.36. The highest BCUT2D eigenvalue weighted by atomic mass is 32.1. The van der Waals surface area contributed by atoms with Crippen LogP contribution in [0.15, 0.2) is 17.6 Å². The van der Waals surface area contributed by atoms with Crippen molar-refractivity contribution in [1.29, 1.82) is 0 Å². The van der Waals surface area contributed by atoms with Gasteiger partial charge in [0, 0.05) is 48.7 Å². The van der Waals surface area contributed by atoms with Gasteiger partial charge in [0.2, 0.25) is 5.91 Å². The highest BCUT2D eigenvalue weighted by molar-refractivity contribution is 7.09. The van der Waals surface area contributed by atoms with Crippen molar-refractivity contribution in [2.24, 2.45) is 0 Å². The molecule has 24 heavy (non-hydrogen) atoms. The fourth-order valence-electron chi connectivity index (χ4n) is 3.42. The lowest BCUT2D eigenvalue weighted by atomic mass is 9.81. The molecule has 0 spiro atoms. The third-order valence-corrected chi connectivity index (χ3v) is 6.11. The number of aromatic nitrogens is 3. The number of rotatable bonds is 5. The Balaban J connectivity index is 1.46. The van der Waals surface area contributed by atoms with Crippen molar-refractivity contribution < 1.29 is 4.79 Å². The average molecular weight is 347 g/mol. The zero-order valence-corrected chi connectivity index (χ0v) is 15.6. The van der Waals surface area contributed by atoms with Crippen molar-refractivity contribution in [2.45, 2.75) is 58.4 Å². The Bertz CT molecular complexity index is 684. The molecule has 1 aliphatic rings. The van der Waals surface area contributed by atoms with Crippen LogP contribution in [0.4, 0.5) is 0 Å². The molecule has 0 N–H and O–H groups in total. The van der Waals surface area contributed by atoms with Crippen LogP contribution >= 0.6 is 11.3 Å². The van der Waals surface area contributed by atoms with Crippen LogP contribution in [-0.4, -0.2) is 38.7 Å². The zero-order valence-electron chi connectivity index (χ0n) is 14.8. The maximum atomic E-state index is 12.5. The molecule has 0 aliphatic carbocycles. The van der Waals surface area contributed by atoms with Gasteiger partial charge in [-0.1, -0.05) is 6.92 Å². The molecule has 1 saturated heterocycles. The van der Waals surface area contributed by atoms with E-state index in [9.17, 15) is 4.79 Å². The largest absolute Gasteiger partial charge is 0.343 e. The molecule has 130 valence electrons. The van der Waals surface area contributed by atoms with Crippen LogP contribution in [0, 0.1) is 13.8 Å². The highest BCUT2D eigenvalue weighted by Gasteiger charge is 2.34. The van der Waals surface area contributed by atoms with E-state index in [1.807, 2.05) is 28.1 Å². The van der Waals surface area contributed by atoms with Gasteiger partial charge in [0.25, 0.3) is 0 Å². The SMILES string of the molecule is Cc1cc(C)n(CCCC(=O)N2CCC(C)(c3nccs3)CC2)n1. The maximum Gasteiger partial charge on any atom is 0.222 e. The fourth-order valence-corrected chi connectivity index (χ4v) is 4.29. The van der Waals surface area contributed by atoms with Crippen LogP contribution in [0.5, 0.6) is 0 Å². The number of nitrogens with zero attached hydrogens (tertiary/aromatic N) is 4. The zero-order chi connectivity index (χ0) is 17.2. The molecular formula is C18H26N4OS. The lowest BCUT2D eigenvalue weighted by Crippen LogP contribution is -2.43. The summed E-state index contributed by atoms with van der Waals surface area (Å²) in [6.07, 6.45) is 5.34. The van der Waals surface area contributed by atoms with E-state index in [4.69, 9.17) is 0 Å². The first-order chi connectivity index (χ1) is 11.5. The summed E-state index contributed by atoms with van der Waals surface area (Å²) in [5.41, 5.74) is 2.34. The third-order valence-electron chi connectivity index (χ3n) is 5.03. The lowest BCUT2D eigenvalue weighted by Gasteiger charge is -2.38. The van der Waals surface area contributed by atoms with Gasteiger partial charge in [0.05, 0.1) is 10.7 Å². The van der Waals surface area contributed by atoms with E-state index in [-0.39, 0.29) is 11.3 Å². The lowest BCUT2D eigenvalue weighted by molar-refractivity contribution is -0.132. The van der Waals surface area contributed by atoms with E-state index in [0.29, 0.717) is 6.42 Å². The van der Waals surface area contributed by atoms with Crippen molar-refractivity contribution in [3.8, 4) is 0 Å². The van der Waals surface area contributed by atoms with Crippen molar-refractivity contribution in [1.82, 2.24) is 19.7 Å². The molecule has 0 bridgehead atoms. The Morgan fingerprint density at radius 2 is 2.08 bits per heavy atom. The number of piperidine rings is 1. The van der Waals surface area contributed by atoms with Gasteiger partial charge in [-0.25, -0.2) is 4.98 Å². The van der Waals surface area contributed by atoms with Crippen LogP contribution in [0.25, 0.3) is 0 Å². The van der Waals surface area contributed by atoms with Gasteiger partial charge in [0.1, 0.15) is 0 Å². The quantitative estimate of drug-likeness (QED) is 0.834. The third kappa shape index (κ3) is 3.69. The first-order valence-corrected chi connectivity index (χ1v) is 9.55. The van der Waals surface area contributed by atoms with Gasteiger partial charge in [-0.15, -0.1) is 11.3 Å². The number of likely N-dealkylation sites (tertiary alicyclic amines) is 1. The normalized spacial score (nSPS) is 17.2. The van der Waals surface area contributed by atoms with E-state index in [0.717, 1.165) is 50.3 Å². The number of hydrogen-bond acceptors (Lipinski definition) is 4. The summed E-state index contributed by atoms with van der Waals surface area (Å²) in [7, 11) is 0. The summed E-state index contributed by atoms with van der Waals surface area (Å²) < 4.78 is 2.00. The van der Waals surface area contributed by atoms with E-state index >= 15 is 0 Å². The van der Waals surface area contributed by atoms with E-state index in [2.05, 4.69) is 30.0 Å². The van der Waals surface area contributed by atoms with Gasteiger partial charge in [-0.3, -0.25) is 9.48 Å². The molecule has 1 fully saturated rings. The molecule has 3 heterocycles. The van der Waals surface area contributed by atoms with Crippen LogP contribution < -0.4 is 0 Å². The molecule has 1 amide bonds. The number of thiazole rings is 1. The molecule has 0 saturated carbocycles. The number of carbonyl (C=O) groups excluding carboxylic acids is 1. The molecule has 1 aliphatic heterocycles. The topological polar surface area (TPSA) is 51.0 Å². The number of carbonyl (C=O) groups is 1. The first-order valence-electron chi connectivity index (χ1n) is 8.67. The van der Waals surface area contributed by atoms with E-state index < -0.39 is 0 Å².